The molecule has 0 spiro atoms. The maximum absolute atomic E-state index is 5.65. The van der Waals surface area contributed by atoms with Crippen molar-refractivity contribution in [3.63, 3.8) is 0 Å². The van der Waals surface area contributed by atoms with Gasteiger partial charge in [-0.3, -0.25) is 0 Å². The maximum atomic E-state index is 5.65. The first-order valence-corrected chi connectivity index (χ1v) is 7.54. The van der Waals surface area contributed by atoms with Crippen LogP contribution in [0.2, 0.25) is 0 Å². The summed E-state index contributed by atoms with van der Waals surface area (Å²) >= 11 is 0. The third kappa shape index (κ3) is 4.63. The molecule has 2 rings (SSSR count). The van der Waals surface area contributed by atoms with Crippen LogP contribution >= 0.6 is 0 Å². The van der Waals surface area contributed by atoms with Crippen molar-refractivity contribution in [2.75, 3.05) is 25.0 Å². The molecule has 5 heteroatoms. The Morgan fingerprint density at radius 1 is 1.25 bits per heavy atom. The molecule has 0 radical (unpaired) electrons. The Balaban J connectivity index is 1.95. The minimum atomic E-state index is 0.124. The number of anilines is 1. The summed E-state index contributed by atoms with van der Waals surface area (Å²) in [5.41, 5.74) is 0.923. The van der Waals surface area contributed by atoms with Crippen LogP contribution in [0.5, 0.6) is 5.88 Å². The van der Waals surface area contributed by atoms with Gasteiger partial charge in [0.25, 0.3) is 0 Å². The number of likely N-dealkylation sites (tertiary alicyclic amines) is 1. The smallest absolute Gasteiger partial charge is 0.226 e. The van der Waals surface area contributed by atoms with Gasteiger partial charge in [-0.15, -0.1) is 0 Å². The van der Waals surface area contributed by atoms with Crippen LogP contribution in [0.25, 0.3) is 0 Å². The van der Waals surface area contributed by atoms with E-state index in [1.165, 1.54) is 25.9 Å². The van der Waals surface area contributed by atoms with Crippen LogP contribution in [-0.2, 0) is 0 Å². The molecule has 1 unspecified atom stereocenters. The van der Waals surface area contributed by atoms with Crippen LogP contribution in [0.1, 0.15) is 39.3 Å². The van der Waals surface area contributed by atoms with Gasteiger partial charge >= 0.3 is 0 Å². The van der Waals surface area contributed by atoms with E-state index >= 15 is 0 Å². The van der Waals surface area contributed by atoms with E-state index in [9.17, 15) is 0 Å². The maximum Gasteiger partial charge on any atom is 0.226 e. The highest BCUT2D eigenvalue weighted by molar-refractivity contribution is 5.31. The Hall–Kier alpha value is -1.36. The van der Waals surface area contributed by atoms with Gasteiger partial charge in [0.05, 0.1) is 6.10 Å². The molecular weight excluding hydrogens is 252 g/mol. The van der Waals surface area contributed by atoms with E-state index < -0.39 is 0 Å². The largest absolute Gasteiger partial charge is 0.475 e. The van der Waals surface area contributed by atoms with Crippen molar-refractivity contribution in [1.82, 2.24) is 14.9 Å². The molecule has 0 saturated carbocycles. The number of hydrogen-bond donors (Lipinski definition) is 1. The zero-order valence-corrected chi connectivity index (χ0v) is 13.0. The van der Waals surface area contributed by atoms with Crippen LogP contribution in [0.4, 0.5) is 5.95 Å². The molecule has 1 aromatic heterocycles. The zero-order valence-electron chi connectivity index (χ0n) is 13.0. The SMILES string of the molecule is Cc1cc(OC(C)C)nc(NC(C)CN2CCCC2)n1. The fraction of sp³-hybridized carbons (Fsp3) is 0.733. The van der Waals surface area contributed by atoms with Crippen LogP contribution in [0, 0.1) is 6.92 Å². The topological polar surface area (TPSA) is 50.3 Å². The molecule has 1 aromatic rings. The Morgan fingerprint density at radius 2 is 1.95 bits per heavy atom. The summed E-state index contributed by atoms with van der Waals surface area (Å²) in [5.74, 6) is 1.30. The highest BCUT2D eigenvalue weighted by Gasteiger charge is 2.15. The summed E-state index contributed by atoms with van der Waals surface area (Å²) in [4.78, 5) is 11.3. The molecule has 1 saturated heterocycles. The second-order valence-electron chi connectivity index (χ2n) is 5.89. The molecule has 0 bridgehead atoms. The zero-order chi connectivity index (χ0) is 14.5. The monoisotopic (exact) mass is 278 g/mol. The van der Waals surface area contributed by atoms with E-state index in [0.717, 1.165) is 12.2 Å². The lowest BCUT2D eigenvalue weighted by Crippen LogP contribution is -2.33. The van der Waals surface area contributed by atoms with Crippen LogP contribution in [0.15, 0.2) is 6.07 Å². The standard InChI is InChI=1S/C15H26N4O/c1-11(2)20-14-9-12(3)16-15(18-14)17-13(4)10-19-7-5-6-8-19/h9,11,13H,5-8,10H2,1-4H3,(H,16,17,18). The third-order valence-electron chi connectivity index (χ3n) is 3.29. The summed E-state index contributed by atoms with van der Waals surface area (Å²) in [6.45, 7) is 11.6. The van der Waals surface area contributed by atoms with Gasteiger partial charge < -0.3 is 15.0 Å². The molecule has 20 heavy (non-hydrogen) atoms. The number of hydrogen-bond acceptors (Lipinski definition) is 5. The minimum absolute atomic E-state index is 0.124. The molecule has 0 aromatic carbocycles. The lowest BCUT2D eigenvalue weighted by Gasteiger charge is -2.21. The number of aromatic nitrogens is 2. The Kier molecular flexibility index (Phi) is 5.17. The highest BCUT2D eigenvalue weighted by Crippen LogP contribution is 2.15. The van der Waals surface area contributed by atoms with Crippen molar-refractivity contribution in [2.24, 2.45) is 0 Å². The number of rotatable bonds is 6. The molecule has 1 aliphatic rings. The quantitative estimate of drug-likeness (QED) is 0.866. The Bertz CT molecular complexity index is 430. The molecule has 1 fully saturated rings. The lowest BCUT2D eigenvalue weighted by atomic mass is 10.3. The van der Waals surface area contributed by atoms with E-state index in [2.05, 4.69) is 27.1 Å². The number of ether oxygens (including phenoxy) is 1. The fourth-order valence-corrected chi connectivity index (χ4v) is 2.52. The second-order valence-corrected chi connectivity index (χ2v) is 5.89. The van der Waals surface area contributed by atoms with Gasteiger partial charge in [-0.25, -0.2) is 4.98 Å². The molecule has 0 aliphatic carbocycles. The normalized spacial score (nSPS) is 17.4. The van der Waals surface area contributed by atoms with E-state index in [0.29, 0.717) is 17.9 Å². The molecule has 5 nitrogen and oxygen atoms in total. The van der Waals surface area contributed by atoms with Crippen molar-refractivity contribution < 1.29 is 4.74 Å². The van der Waals surface area contributed by atoms with E-state index in [4.69, 9.17) is 4.74 Å². The van der Waals surface area contributed by atoms with E-state index in [1.54, 1.807) is 0 Å². The minimum Gasteiger partial charge on any atom is -0.475 e. The van der Waals surface area contributed by atoms with Gasteiger partial charge in [0.15, 0.2) is 0 Å². The number of aryl methyl sites for hydroxylation is 1. The molecule has 2 heterocycles. The van der Waals surface area contributed by atoms with Crippen molar-refractivity contribution >= 4 is 5.95 Å². The summed E-state index contributed by atoms with van der Waals surface area (Å²) in [6.07, 6.45) is 2.76. The van der Waals surface area contributed by atoms with Crippen molar-refractivity contribution in [3.8, 4) is 5.88 Å². The third-order valence-corrected chi connectivity index (χ3v) is 3.29. The van der Waals surface area contributed by atoms with Gasteiger partial charge in [0.1, 0.15) is 0 Å². The fourth-order valence-electron chi connectivity index (χ4n) is 2.52. The summed E-state index contributed by atoms with van der Waals surface area (Å²) < 4.78 is 5.65. The van der Waals surface area contributed by atoms with Crippen molar-refractivity contribution in [2.45, 2.75) is 52.7 Å². The summed E-state index contributed by atoms with van der Waals surface area (Å²) in [7, 11) is 0. The van der Waals surface area contributed by atoms with Crippen LogP contribution in [0.3, 0.4) is 0 Å². The molecule has 112 valence electrons. The first-order valence-electron chi connectivity index (χ1n) is 7.54. The van der Waals surface area contributed by atoms with Crippen LogP contribution in [-0.4, -0.2) is 46.6 Å². The lowest BCUT2D eigenvalue weighted by molar-refractivity contribution is 0.232. The molecule has 1 atom stereocenters. The van der Waals surface area contributed by atoms with Crippen molar-refractivity contribution in [3.05, 3.63) is 11.8 Å². The Morgan fingerprint density at radius 3 is 2.60 bits per heavy atom. The van der Waals surface area contributed by atoms with E-state index in [1.807, 2.05) is 26.8 Å². The van der Waals surface area contributed by atoms with Gasteiger partial charge in [0.2, 0.25) is 11.8 Å². The van der Waals surface area contributed by atoms with Crippen molar-refractivity contribution in [1.29, 1.82) is 0 Å². The van der Waals surface area contributed by atoms with Gasteiger partial charge in [-0.2, -0.15) is 4.98 Å². The molecule has 0 amide bonds. The van der Waals surface area contributed by atoms with Gasteiger partial charge in [0, 0.05) is 24.3 Å². The highest BCUT2D eigenvalue weighted by atomic mass is 16.5. The second kappa shape index (κ2) is 6.88. The summed E-state index contributed by atoms with van der Waals surface area (Å²) in [6, 6.07) is 2.21. The number of nitrogens with zero attached hydrogens (tertiary/aromatic N) is 3. The predicted molar refractivity (Wildman–Crippen MR) is 81.3 cm³/mol. The van der Waals surface area contributed by atoms with E-state index in [-0.39, 0.29) is 6.10 Å². The first kappa shape index (κ1) is 15.0. The number of nitrogens with one attached hydrogen (secondary N) is 1. The summed E-state index contributed by atoms with van der Waals surface area (Å²) in [5, 5.41) is 3.38. The molecule has 1 N–H and O–H groups in total. The molecule has 1 aliphatic heterocycles. The first-order chi connectivity index (χ1) is 9.52. The molecular formula is C15H26N4O. The predicted octanol–water partition coefficient (Wildman–Crippen LogP) is 2.47. The average Bonchev–Trinajstić information content (AvgIpc) is 2.79. The Labute approximate surface area is 121 Å². The average molecular weight is 278 g/mol. The van der Waals surface area contributed by atoms with Gasteiger partial charge in [-0.05, 0) is 53.6 Å². The van der Waals surface area contributed by atoms with Crippen LogP contribution < -0.4 is 10.1 Å². The van der Waals surface area contributed by atoms with Gasteiger partial charge in [-0.1, -0.05) is 0 Å².